The normalized spacial score (nSPS) is 11.5. The monoisotopic (exact) mass is 422 g/mol. The lowest BCUT2D eigenvalue weighted by atomic mass is 10.1. The maximum Gasteiger partial charge on any atom is 0.325 e. The highest BCUT2D eigenvalue weighted by atomic mass is 32.1. The van der Waals surface area contributed by atoms with Gasteiger partial charge >= 0.3 is 5.97 Å². The van der Waals surface area contributed by atoms with Gasteiger partial charge in [0.2, 0.25) is 0 Å². The number of thiazole rings is 1. The van der Waals surface area contributed by atoms with Crippen molar-refractivity contribution in [2.24, 2.45) is 0 Å². The lowest BCUT2D eigenvalue weighted by Crippen LogP contribution is -2.14. The first-order chi connectivity index (χ1) is 13.8. The lowest BCUT2D eigenvalue weighted by molar-refractivity contribution is -0.143. The van der Waals surface area contributed by atoms with Gasteiger partial charge in [-0.25, -0.2) is 22.5 Å². The third-order valence-electron chi connectivity index (χ3n) is 4.61. The van der Waals surface area contributed by atoms with Gasteiger partial charge in [0.25, 0.3) is 0 Å². The number of hydrogen-bond donors (Lipinski definition) is 0. The zero-order valence-corrected chi connectivity index (χ0v) is 16.2. The smallest absolute Gasteiger partial charge is 0.325 e. The Balaban J connectivity index is 2.00. The van der Waals surface area contributed by atoms with E-state index in [1.54, 1.807) is 19.9 Å². The maximum absolute atomic E-state index is 14.6. The molecule has 2 aromatic heterocycles. The Morgan fingerprint density at radius 1 is 1.17 bits per heavy atom. The van der Waals surface area contributed by atoms with Crippen LogP contribution < -0.4 is 0 Å². The van der Waals surface area contributed by atoms with Gasteiger partial charge < -0.3 is 9.30 Å². The molecule has 2 heterocycles. The van der Waals surface area contributed by atoms with E-state index in [0.717, 1.165) is 11.3 Å². The summed E-state index contributed by atoms with van der Waals surface area (Å²) in [6.07, 6.45) is 0. The molecule has 4 aromatic rings. The first kappa shape index (κ1) is 19.4. The summed E-state index contributed by atoms with van der Waals surface area (Å²) in [7, 11) is 0. The largest absolute Gasteiger partial charge is 0.465 e. The number of aromatic nitrogens is 2. The maximum atomic E-state index is 14.6. The molecule has 4 rings (SSSR count). The molecular weight excluding hydrogens is 408 g/mol. The molecule has 0 bridgehead atoms. The molecule has 0 spiro atoms. The molecule has 0 radical (unpaired) electrons. The zero-order chi connectivity index (χ0) is 20.9. The van der Waals surface area contributed by atoms with Crippen molar-refractivity contribution in [1.82, 2.24) is 9.55 Å². The predicted molar refractivity (Wildman–Crippen MR) is 102 cm³/mol. The Morgan fingerprint density at radius 2 is 1.93 bits per heavy atom. The fourth-order valence-electron chi connectivity index (χ4n) is 3.38. The van der Waals surface area contributed by atoms with Crippen LogP contribution in [0.25, 0.3) is 31.7 Å². The van der Waals surface area contributed by atoms with Crippen molar-refractivity contribution in [3.8, 4) is 10.6 Å². The quantitative estimate of drug-likeness (QED) is 0.253. The Morgan fingerprint density at radius 3 is 2.66 bits per heavy atom. The molecule has 0 fully saturated rings. The number of ether oxygens (including phenoxy) is 1. The zero-order valence-electron chi connectivity index (χ0n) is 15.4. The Hall–Kier alpha value is -2.94. The number of benzene rings is 2. The molecule has 150 valence electrons. The van der Waals surface area contributed by atoms with E-state index in [1.807, 2.05) is 0 Å². The second-order valence-corrected chi connectivity index (χ2v) is 7.34. The van der Waals surface area contributed by atoms with Gasteiger partial charge in [-0.1, -0.05) is 12.1 Å². The summed E-state index contributed by atoms with van der Waals surface area (Å²) >= 11 is 0.832. The molecule has 0 unspecified atom stereocenters. The van der Waals surface area contributed by atoms with E-state index in [9.17, 15) is 22.4 Å². The van der Waals surface area contributed by atoms with E-state index < -0.39 is 34.8 Å². The summed E-state index contributed by atoms with van der Waals surface area (Å²) < 4.78 is 62.7. The molecular formula is C20H14F4N2O2S. The van der Waals surface area contributed by atoms with E-state index in [-0.39, 0.29) is 28.4 Å². The number of carbonyl (C=O) groups excluding carboxylic acids is 1. The third-order valence-corrected chi connectivity index (χ3v) is 5.70. The van der Waals surface area contributed by atoms with Gasteiger partial charge in [0, 0.05) is 22.7 Å². The lowest BCUT2D eigenvalue weighted by Gasteiger charge is -2.08. The van der Waals surface area contributed by atoms with Crippen LogP contribution >= 0.6 is 11.3 Å². The minimum Gasteiger partial charge on any atom is -0.465 e. The van der Waals surface area contributed by atoms with Gasteiger partial charge in [-0.2, -0.15) is 0 Å². The minimum absolute atomic E-state index is 0.138. The number of fused-ring (bicyclic) bond motifs is 2. The summed E-state index contributed by atoms with van der Waals surface area (Å²) in [5, 5.41) is 0.617. The van der Waals surface area contributed by atoms with Crippen molar-refractivity contribution in [3.63, 3.8) is 0 Å². The van der Waals surface area contributed by atoms with Crippen LogP contribution in [-0.4, -0.2) is 22.1 Å². The van der Waals surface area contributed by atoms with Gasteiger partial charge in [0.15, 0.2) is 11.6 Å². The van der Waals surface area contributed by atoms with Crippen LogP contribution in [0, 0.1) is 30.2 Å². The van der Waals surface area contributed by atoms with Gasteiger partial charge in [-0.15, -0.1) is 11.3 Å². The highest BCUT2D eigenvalue weighted by Crippen LogP contribution is 2.40. The van der Waals surface area contributed by atoms with E-state index in [1.165, 1.54) is 16.7 Å². The number of esters is 1. The molecule has 0 N–H and O–H groups in total. The highest BCUT2D eigenvalue weighted by molar-refractivity contribution is 7.21. The van der Waals surface area contributed by atoms with E-state index in [2.05, 4.69) is 4.98 Å². The van der Waals surface area contributed by atoms with Crippen molar-refractivity contribution in [2.75, 3.05) is 6.61 Å². The van der Waals surface area contributed by atoms with E-state index >= 15 is 0 Å². The molecule has 4 nitrogen and oxygen atoms in total. The number of para-hydroxylation sites is 1. The SMILES string of the molecule is CCOC(=O)Cn1c(C)c(-c2nc3c(F)c(F)cc(F)c3s2)c2cccc(F)c21. The molecule has 0 saturated heterocycles. The second kappa shape index (κ2) is 7.14. The molecule has 0 amide bonds. The number of nitrogens with zero attached hydrogens (tertiary/aromatic N) is 2. The fourth-order valence-corrected chi connectivity index (χ4v) is 4.46. The summed E-state index contributed by atoms with van der Waals surface area (Å²) in [5.74, 6) is -4.62. The number of hydrogen-bond acceptors (Lipinski definition) is 4. The first-order valence-electron chi connectivity index (χ1n) is 8.70. The van der Waals surface area contributed by atoms with Crippen LogP contribution in [0.5, 0.6) is 0 Å². The van der Waals surface area contributed by atoms with Crippen molar-refractivity contribution in [3.05, 3.63) is 53.2 Å². The van der Waals surface area contributed by atoms with Crippen LogP contribution in [0.1, 0.15) is 12.6 Å². The van der Waals surface area contributed by atoms with Crippen LogP contribution in [0.4, 0.5) is 17.6 Å². The summed E-state index contributed by atoms with van der Waals surface area (Å²) in [6.45, 7) is 3.25. The molecule has 9 heteroatoms. The summed E-state index contributed by atoms with van der Waals surface area (Å²) in [4.78, 5) is 16.1. The average molecular weight is 422 g/mol. The molecule has 0 atom stereocenters. The average Bonchev–Trinajstić information content (AvgIpc) is 3.21. The summed E-state index contributed by atoms with van der Waals surface area (Å²) in [6, 6.07) is 4.84. The van der Waals surface area contributed by atoms with Gasteiger partial charge in [-0.3, -0.25) is 4.79 Å². The number of halogens is 4. The second-order valence-electron chi connectivity index (χ2n) is 6.34. The standard InChI is InChI=1S/C20H14F4N2O2S/c1-3-28-14(27)8-26-9(2)15(10-5-4-6-11(21)18(10)26)20-25-17-16(24)12(22)7-13(23)19(17)29-20/h4-7H,3,8H2,1-2H3. The summed E-state index contributed by atoms with van der Waals surface area (Å²) in [5.41, 5.74) is 0.617. The van der Waals surface area contributed by atoms with Crippen molar-refractivity contribution < 1.29 is 27.1 Å². The van der Waals surface area contributed by atoms with Gasteiger partial charge in [0.1, 0.15) is 28.7 Å². The Labute approximate surface area is 166 Å². The fraction of sp³-hybridized carbons (Fsp3) is 0.200. The molecule has 0 aliphatic heterocycles. The first-order valence-corrected chi connectivity index (χ1v) is 9.52. The minimum atomic E-state index is -1.33. The molecule has 0 aliphatic rings. The number of carbonyl (C=O) groups is 1. The van der Waals surface area contributed by atoms with Crippen molar-refractivity contribution in [1.29, 1.82) is 0 Å². The van der Waals surface area contributed by atoms with Gasteiger partial charge in [-0.05, 0) is 19.9 Å². The molecule has 0 saturated carbocycles. The third kappa shape index (κ3) is 3.05. The van der Waals surface area contributed by atoms with Gasteiger partial charge in [0.05, 0.1) is 16.8 Å². The molecule has 29 heavy (non-hydrogen) atoms. The Kier molecular flexibility index (Phi) is 4.77. The topological polar surface area (TPSA) is 44.1 Å². The van der Waals surface area contributed by atoms with E-state index in [4.69, 9.17) is 4.74 Å². The number of rotatable bonds is 4. The predicted octanol–water partition coefficient (Wildman–Crippen LogP) is 5.35. The van der Waals surface area contributed by atoms with Crippen molar-refractivity contribution >= 4 is 38.4 Å². The van der Waals surface area contributed by atoms with E-state index in [0.29, 0.717) is 22.7 Å². The van der Waals surface area contributed by atoms with Crippen LogP contribution in [0.3, 0.4) is 0 Å². The molecule has 2 aromatic carbocycles. The highest BCUT2D eigenvalue weighted by Gasteiger charge is 2.24. The van der Waals surface area contributed by atoms with Crippen molar-refractivity contribution in [2.45, 2.75) is 20.4 Å². The molecule has 0 aliphatic carbocycles. The van der Waals surface area contributed by atoms with Crippen LogP contribution in [0.2, 0.25) is 0 Å². The van der Waals surface area contributed by atoms with Crippen LogP contribution in [-0.2, 0) is 16.1 Å². The Bertz CT molecular complexity index is 1280. The van der Waals surface area contributed by atoms with Crippen LogP contribution in [0.15, 0.2) is 24.3 Å².